The van der Waals surface area contributed by atoms with Crippen molar-refractivity contribution in [2.75, 3.05) is 5.32 Å². The summed E-state index contributed by atoms with van der Waals surface area (Å²) in [5.41, 5.74) is 7.24. The SMILES string of the molecule is Cn1ncnc1[C@@H]1c2n[nH]c(=O)c3cc(F)cc(c23)N[C@H]1c1ccc(F)c(CN)c1. The molecule has 0 saturated carbocycles. The Labute approximate surface area is 168 Å². The van der Waals surface area contributed by atoms with Crippen molar-refractivity contribution in [3.05, 3.63) is 81.3 Å². The molecule has 0 saturated heterocycles. The average molecular weight is 409 g/mol. The van der Waals surface area contributed by atoms with Gasteiger partial charge in [-0.25, -0.2) is 18.9 Å². The topological polar surface area (TPSA) is 115 Å². The van der Waals surface area contributed by atoms with Gasteiger partial charge >= 0.3 is 0 Å². The maximum Gasteiger partial charge on any atom is 0.272 e. The van der Waals surface area contributed by atoms with Crippen molar-refractivity contribution in [2.45, 2.75) is 18.5 Å². The van der Waals surface area contributed by atoms with Crippen molar-refractivity contribution >= 4 is 16.5 Å². The molecular weight excluding hydrogens is 392 g/mol. The number of aromatic amines is 1. The van der Waals surface area contributed by atoms with Gasteiger partial charge in [-0.3, -0.25) is 9.48 Å². The Bertz CT molecular complexity index is 1350. The maximum absolute atomic E-state index is 14.2. The van der Waals surface area contributed by atoms with Crippen molar-refractivity contribution < 1.29 is 8.78 Å². The molecule has 0 unspecified atom stereocenters. The molecule has 1 aliphatic heterocycles. The fourth-order valence-corrected chi connectivity index (χ4v) is 4.12. The number of nitrogens with one attached hydrogen (secondary N) is 2. The molecular formula is C20H17F2N7O. The molecule has 5 rings (SSSR count). The lowest BCUT2D eigenvalue weighted by Crippen LogP contribution is -2.30. The van der Waals surface area contributed by atoms with Gasteiger partial charge in [-0.1, -0.05) is 6.07 Å². The van der Waals surface area contributed by atoms with E-state index in [1.165, 1.54) is 24.5 Å². The Morgan fingerprint density at radius 1 is 1.23 bits per heavy atom. The van der Waals surface area contributed by atoms with Crippen molar-refractivity contribution in [1.82, 2.24) is 25.0 Å². The van der Waals surface area contributed by atoms with Crippen LogP contribution < -0.4 is 16.6 Å². The van der Waals surface area contributed by atoms with E-state index in [0.29, 0.717) is 28.2 Å². The molecule has 0 radical (unpaired) electrons. The summed E-state index contributed by atoms with van der Waals surface area (Å²) in [6.45, 7) is 0.0351. The first-order valence-electron chi connectivity index (χ1n) is 9.28. The molecule has 0 fully saturated rings. The number of hydrogen-bond acceptors (Lipinski definition) is 6. The summed E-state index contributed by atoms with van der Waals surface area (Å²) in [7, 11) is 1.75. The smallest absolute Gasteiger partial charge is 0.272 e. The van der Waals surface area contributed by atoms with Gasteiger partial charge in [0.15, 0.2) is 0 Å². The number of nitrogens with two attached hydrogens (primary N) is 1. The molecule has 0 spiro atoms. The van der Waals surface area contributed by atoms with E-state index in [2.05, 4.69) is 25.6 Å². The first-order valence-corrected chi connectivity index (χ1v) is 9.28. The second-order valence-electron chi connectivity index (χ2n) is 7.21. The van der Waals surface area contributed by atoms with Crippen LogP contribution in [0.2, 0.25) is 0 Å². The van der Waals surface area contributed by atoms with Gasteiger partial charge in [0.25, 0.3) is 5.56 Å². The third-order valence-electron chi connectivity index (χ3n) is 5.49. The first-order chi connectivity index (χ1) is 14.5. The second-order valence-corrected chi connectivity index (χ2v) is 7.21. The van der Waals surface area contributed by atoms with E-state index >= 15 is 0 Å². The Morgan fingerprint density at radius 2 is 2.07 bits per heavy atom. The fourth-order valence-electron chi connectivity index (χ4n) is 4.12. The van der Waals surface area contributed by atoms with Crippen LogP contribution in [0.3, 0.4) is 0 Å². The summed E-state index contributed by atoms with van der Waals surface area (Å²) in [6.07, 6.45) is 1.42. The molecule has 3 heterocycles. The highest BCUT2D eigenvalue weighted by molar-refractivity contribution is 5.97. The van der Waals surface area contributed by atoms with Crippen LogP contribution in [0.25, 0.3) is 10.8 Å². The van der Waals surface area contributed by atoms with Gasteiger partial charge < -0.3 is 11.1 Å². The van der Waals surface area contributed by atoms with E-state index in [1.54, 1.807) is 23.9 Å². The molecule has 2 aromatic carbocycles. The van der Waals surface area contributed by atoms with Crippen LogP contribution in [-0.2, 0) is 13.6 Å². The molecule has 152 valence electrons. The summed E-state index contributed by atoms with van der Waals surface area (Å²) in [5, 5.41) is 14.9. The predicted molar refractivity (Wildman–Crippen MR) is 106 cm³/mol. The van der Waals surface area contributed by atoms with Crippen molar-refractivity contribution in [1.29, 1.82) is 0 Å². The number of aryl methyl sites for hydroxylation is 1. The minimum absolute atomic E-state index is 0.0351. The minimum atomic E-state index is -0.551. The fraction of sp³-hybridized carbons (Fsp3) is 0.200. The van der Waals surface area contributed by atoms with Crippen molar-refractivity contribution in [3.63, 3.8) is 0 Å². The number of hydrogen-bond donors (Lipinski definition) is 3. The van der Waals surface area contributed by atoms with Gasteiger partial charge in [-0.15, -0.1) is 0 Å². The van der Waals surface area contributed by atoms with Crippen LogP contribution >= 0.6 is 0 Å². The zero-order valence-corrected chi connectivity index (χ0v) is 15.9. The number of rotatable bonds is 3. The van der Waals surface area contributed by atoms with E-state index in [-0.39, 0.29) is 11.9 Å². The van der Waals surface area contributed by atoms with Gasteiger partial charge in [-0.05, 0) is 29.8 Å². The highest BCUT2D eigenvalue weighted by Gasteiger charge is 2.38. The van der Waals surface area contributed by atoms with Crippen LogP contribution in [-0.4, -0.2) is 25.0 Å². The molecule has 2 aromatic heterocycles. The molecule has 0 amide bonds. The number of anilines is 1. The quantitative estimate of drug-likeness (QED) is 0.477. The molecule has 1 aliphatic rings. The molecule has 4 N–H and O–H groups in total. The summed E-state index contributed by atoms with van der Waals surface area (Å²) in [4.78, 5) is 16.7. The first kappa shape index (κ1) is 18.4. The van der Waals surface area contributed by atoms with Crippen molar-refractivity contribution in [2.24, 2.45) is 12.8 Å². The van der Waals surface area contributed by atoms with Gasteiger partial charge in [0.2, 0.25) is 0 Å². The van der Waals surface area contributed by atoms with Gasteiger partial charge in [0.05, 0.1) is 23.0 Å². The number of aromatic nitrogens is 5. The number of H-pyrrole nitrogens is 1. The van der Waals surface area contributed by atoms with Crippen LogP contribution in [0, 0.1) is 11.6 Å². The van der Waals surface area contributed by atoms with E-state index in [0.717, 1.165) is 5.56 Å². The Kier molecular flexibility index (Phi) is 4.10. The molecule has 0 bridgehead atoms. The average Bonchev–Trinajstić information content (AvgIpc) is 3.15. The standard InChI is InChI=1S/C20H17F2N7O/c1-29-19(24-8-25-29)16-17(9-2-3-13(22)10(4-9)7-23)26-14-6-11(21)5-12-15(14)18(16)27-28-20(12)30/h2-6,8,16-17,26H,7,23H2,1H3,(H,28,30)/t16-,17-/m0/s1. The Morgan fingerprint density at radius 3 is 2.80 bits per heavy atom. The Balaban J connectivity index is 1.81. The van der Waals surface area contributed by atoms with Crippen LogP contribution in [0.5, 0.6) is 0 Å². The van der Waals surface area contributed by atoms with Crippen LogP contribution in [0.15, 0.2) is 41.5 Å². The van der Waals surface area contributed by atoms with Crippen LogP contribution in [0.1, 0.15) is 34.6 Å². The minimum Gasteiger partial charge on any atom is -0.376 e. The van der Waals surface area contributed by atoms with E-state index in [4.69, 9.17) is 5.73 Å². The molecule has 8 nitrogen and oxygen atoms in total. The van der Waals surface area contributed by atoms with Gasteiger partial charge in [0, 0.05) is 30.2 Å². The molecule has 10 heteroatoms. The number of halogens is 2. The maximum atomic E-state index is 14.2. The second kappa shape index (κ2) is 6.70. The zero-order chi connectivity index (χ0) is 21.0. The third-order valence-corrected chi connectivity index (χ3v) is 5.49. The number of nitrogens with zero attached hydrogens (tertiary/aromatic N) is 4. The van der Waals surface area contributed by atoms with E-state index < -0.39 is 29.2 Å². The lowest BCUT2D eigenvalue weighted by Gasteiger charge is -2.34. The monoisotopic (exact) mass is 409 g/mol. The molecule has 2 atom stereocenters. The highest BCUT2D eigenvalue weighted by atomic mass is 19.1. The van der Waals surface area contributed by atoms with Crippen LogP contribution in [0.4, 0.5) is 14.5 Å². The summed E-state index contributed by atoms with van der Waals surface area (Å²) < 4.78 is 29.9. The molecule has 4 aromatic rings. The van der Waals surface area contributed by atoms with Crippen molar-refractivity contribution in [3.8, 4) is 0 Å². The summed E-state index contributed by atoms with van der Waals surface area (Å²) >= 11 is 0. The summed E-state index contributed by atoms with van der Waals surface area (Å²) in [5.74, 6) is -0.846. The lowest BCUT2D eigenvalue weighted by atomic mass is 9.83. The van der Waals surface area contributed by atoms with E-state index in [1.807, 2.05) is 0 Å². The third kappa shape index (κ3) is 2.68. The predicted octanol–water partition coefficient (Wildman–Crippen LogP) is 2.09. The zero-order valence-electron chi connectivity index (χ0n) is 15.9. The number of benzene rings is 2. The Hall–Kier alpha value is -3.66. The molecule has 0 aliphatic carbocycles. The van der Waals surface area contributed by atoms with E-state index in [9.17, 15) is 13.6 Å². The summed E-state index contributed by atoms with van der Waals surface area (Å²) in [6, 6.07) is 6.69. The highest BCUT2D eigenvalue weighted by Crippen LogP contribution is 2.46. The largest absolute Gasteiger partial charge is 0.376 e. The van der Waals surface area contributed by atoms with Gasteiger partial charge in [-0.2, -0.15) is 10.2 Å². The lowest BCUT2D eigenvalue weighted by molar-refractivity contribution is 0.560. The van der Waals surface area contributed by atoms with Gasteiger partial charge in [0.1, 0.15) is 23.8 Å². The normalized spacial score (nSPS) is 17.9. The molecule has 30 heavy (non-hydrogen) atoms.